The summed E-state index contributed by atoms with van der Waals surface area (Å²) in [5, 5.41) is 0. The van der Waals surface area contributed by atoms with E-state index in [0.717, 1.165) is 6.42 Å². The molecule has 3 atom stereocenters. The number of methoxy groups -OCH3 is 1. The lowest BCUT2D eigenvalue weighted by atomic mass is 10.2. The Morgan fingerprint density at radius 1 is 1.44 bits per heavy atom. The number of esters is 1. The van der Waals surface area contributed by atoms with Gasteiger partial charge in [-0.15, -0.1) is 0 Å². The molecular formula is C11H17NO4. The molecule has 90 valence electrons. The third-order valence-electron chi connectivity index (χ3n) is 3.31. The van der Waals surface area contributed by atoms with Crippen molar-refractivity contribution in [2.75, 3.05) is 26.9 Å². The highest BCUT2D eigenvalue weighted by Crippen LogP contribution is 2.39. The summed E-state index contributed by atoms with van der Waals surface area (Å²) in [7, 11) is 1.33. The van der Waals surface area contributed by atoms with Crippen LogP contribution in [0.5, 0.6) is 0 Å². The number of morpholine rings is 1. The Bertz CT molecular complexity index is 304. The lowest BCUT2D eigenvalue weighted by Gasteiger charge is -2.33. The summed E-state index contributed by atoms with van der Waals surface area (Å²) in [6, 6.07) is -0.556. The van der Waals surface area contributed by atoms with Gasteiger partial charge in [0.05, 0.1) is 20.3 Å². The van der Waals surface area contributed by atoms with Crippen molar-refractivity contribution in [1.29, 1.82) is 0 Å². The quantitative estimate of drug-likeness (QED) is 0.625. The zero-order valence-electron chi connectivity index (χ0n) is 9.64. The molecule has 1 saturated heterocycles. The molecule has 3 unspecified atom stereocenters. The Hall–Kier alpha value is -1.10. The first-order valence-electron chi connectivity index (χ1n) is 5.61. The molecule has 16 heavy (non-hydrogen) atoms. The third kappa shape index (κ3) is 2.04. The van der Waals surface area contributed by atoms with Crippen molar-refractivity contribution >= 4 is 11.9 Å². The average molecular weight is 227 g/mol. The van der Waals surface area contributed by atoms with Gasteiger partial charge in [0.15, 0.2) is 6.04 Å². The van der Waals surface area contributed by atoms with E-state index >= 15 is 0 Å². The fourth-order valence-electron chi connectivity index (χ4n) is 2.08. The predicted molar refractivity (Wildman–Crippen MR) is 55.6 cm³/mol. The first-order chi connectivity index (χ1) is 7.65. The second-order valence-corrected chi connectivity index (χ2v) is 4.46. The summed E-state index contributed by atoms with van der Waals surface area (Å²) in [5.74, 6) is 0.242. The molecule has 1 saturated carbocycles. The molecule has 0 bridgehead atoms. The van der Waals surface area contributed by atoms with Crippen LogP contribution in [0.25, 0.3) is 0 Å². The molecule has 2 aliphatic rings. The number of hydrogen-bond acceptors (Lipinski definition) is 4. The summed E-state index contributed by atoms with van der Waals surface area (Å²) in [6.07, 6.45) is 0.935. The summed E-state index contributed by atoms with van der Waals surface area (Å²) < 4.78 is 9.90. The fraction of sp³-hybridized carbons (Fsp3) is 0.818. The maximum absolute atomic E-state index is 12.1. The number of nitrogens with zero attached hydrogens (tertiary/aromatic N) is 1. The molecule has 1 aliphatic heterocycles. The Balaban J connectivity index is 2.04. The van der Waals surface area contributed by atoms with E-state index in [1.807, 2.05) is 0 Å². The number of amides is 1. The van der Waals surface area contributed by atoms with Gasteiger partial charge in [0.25, 0.3) is 0 Å². The van der Waals surface area contributed by atoms with E-state index in [0.29, 0.717) is 19.1 Å². The van der Waals surface area contributed by atoms with Crippen molar-refractivity contribution in [3.8, 4) is 0 Å². The maximum atomic E-state index is 12.1. The van der Waals surface area contributed by atoms with Crippen LogP contribution in [0, 0.1) is 11.8 Å². The molecule has 1 heterocycles. The smallest absolute Gasteiger partial charge is 0.331 e. The Morgan fingerprint density at radius 2 is 2.12 bits per heavy atom. The highest BCUT2D eigenvalue weighted by molar-refractivity contribution is 5.87. The Morgan fingerprint density at radius 3 is 2.69 bits per heavy atom. The molecule has 0 aromatic carbocycles. The van der Waals surface area contributed by atoms with E-state index in [-0.39, 0.29) is 24.4 Å². The van der Waals surface area contributed by atoms with Crippen LogP contribution < -0.4 is 0 Å². The van der Waals surface area contributed by atoms with Crippen LogP contribution >= 0.6 is 0 Å². The second-order valence-electron chi connectivity index (χ2n) is 4.46. The summed E-state index contributed by atoms with van der Waals surface area (Å²) in [6.45, 7) is 3.29. The zero-order valence-corrected chi connectivity index (χ0v) is 9.64. The van der Waals surface area contributed by atoms with Gasteiger partial charge in [0.1, 0.15) is 0 Å². The highest BCUT2D eigenvalue weighted by Gasteiger charge is 2.45. The molecule has 0 N–H and O–H groups in total. The van der Waals surface area contributed by atoms with Crippen LogP contribution in [0.15, 0.2) is 0 Å². The van der Waals surface area contributed by atoms with Crippen LogP contribution in [-0.2, 0) is 19.1 Å². The van der Waals surface area contributed by atoms with Gasteiger partial charge < -0.3 is 14.4 Å². The summed E-state index contributed by atoms with van der Waals surface area (Å²) in [4.78, 5) is 25.2. The second kappa shape index (κ2) is 4.41. The van der Waals surface area contributed by atoms with Crippen molar-refractivity contribution in [1.82, 2.24) is 4.90 Å². The lowest BCUT2D eigenvalue weighted by Crippen LogP contribution is -2.53. The van der Waals surface area contributed by atoms with E-state index in [4.69, 9.17) is 4.74 Å². The first kappa shape index (κ1) is 11.4. The van der Waals surface area contributed by atoms with E-state index < -0.39 is 6.04 Å². The summed E-state index contributed by atoms with van der Waals surface area (Å²) >= 11 is 0. The van der Waals surface area contributed by atoms with E-state index in [1.54, 1.807) is 4.90 Å². The molecule has 0 aromatic rings. The minimum absolute atomic E-state index is 0.0752. The van der Waals surface area contributed by atoms with Gasteiger partial charge >= 0.3 is 5.97 Å². The number of ether oxygens (including phenoxy) is 2. The minimum atomic E-state index is -0.556. The third-order valence-corrected chi connectivity index (χ3v) is 3.31. The molecular weight excluding hydrogens is 210 g/mol. The van der Waals surface area contributed by atoms with Crippen molar-refractivity contribution in [3.63, 3.8) is 0 Å². The predicted octanol–water partition coefficient (Wildman–Crippen LogP) is 0.0428. The topological polar surface area (TPSA) is 55.8 Å². The van der Waals surface area contributed by atoms with Crippen LogP contribution in [0.2, 0.25) is 0 Å². The van der Waals surface area contributed by atoms with Crippen molar-refractivity contribution < 1.29 is 19.1 Å². The zero-order chi connectivity index (χ0) is 11.7. The number of hydrogen-bond donors (Lipinski definition) is 0. The number of rotatable bonds is 2. The molecule has 0 radical (unpaired) electrons. The maximum Gasteiger partial charge on any atom is 0.331 e. The van der Waals surface area contributed by atoms with Gasteiger partial charge in [-0.05, 0) is 12.3 Å². The molecule has 2 rings (SSSR count). The van der Waals surface area contributed by atoms with Gasteiger partial charge in [0, 0.05) is 12.5 Å². The van der Waals surface area contributed by atoms with Crippen LogP contribution in [0.4, 0.5) is 0 Å². The molecule has 0 aromatic heterocycles. The monoisotopic (exact) mass is 227 g/mol. The molecule has 0 spiro atoms. The fourth-order valence-corrected chi connectivity index (χ4v) is 2.08. The number of carbonyl (C=O) groups excluding carboxylic acids is 2. The van der Waals surface area contributed by atoms with Gasteiger partial charge in [-0.1, -0.05) is 6.92 Å². The van der Waals surface area contributed by atoms with Crippen LogP contribution in [0.3, 0.4) is 0 Å². The van der Waals surface area contributed by atoms with E-state index in [1.165, 1.54) is 7.11 Å². The molecule has 5 heteroatoms. The minimum Gasteiger partial charge on any atom is -0.467 e. The Kier molecular flexibility index (Phi) is 3.14. The number of carbonyl (C=O) groups is 2. The van der Waals surface area contributed by atoms with E-state index in [9.17, 15) is 9.59 Å². The Labute approximate surface area is 94.7 Å². The SMILES string of the molecule is COC(=O)C1COCCN1C(=O)C1CC1C. The molecule has 1 aliphatic carbocycles. The standard InChI is InChI=1S/C11H17NO4/c1-7-5-8(7)10(13)12-3-4-16-6-9(12)11(14)15-2/h7-9H,3-6H2,1-2H3. The lowest BCUT2D eigenvalue weighted by molar-refractivity contribution is -0.161. The normalized spacial score (nSPS) is 33.4. The molecule has 1 amide bonds. The van der Waals surface area contributed by atoms with Crippen molar-refractivity contribution in [2.45, 2.75) is 19.4 Å². The summed E-state index contributed by atoms with van der Waals surface area (Å²) in [5.41, 5.74) is 0. The van der Waals surface area contributed by atoms with Crippen molar-refractivity contribution in [3.05, 3.63) is 0 Å². The van der Waals surface area contributed by atoms with Crippen molar-refractivity contribution in [2.24, 2.45) is 11.8 Å². The van der Waals surface area contributed by atoms with Gasteiger partial charge in [0.2, 0.25) is 5.91 Å². The van der Waals surface area contributed by atoms with E-state index in [2.05, 4.69) is 11.7 Å². The molecule has 5 nitrogen and oxygen atoms in total. The van der Waals surface area contributed by atoms with Gasteiger partial charge in [-0.3, -0.25) is 4.79 Å². The van der Waals surface area contributed by atoms with Gasteiger partial charge in [-0.2, -0.15) is 0 Å². The van der Waals surface area contributed by atoms with Gasteiger partial charge in [-0.25, -0.2) is 4.79 Å². The average Bonchev–Trinajstić information content (AvgIpc) is 3.04. The molecule has 2 fully saturated rings. The first-order valence-corrected chi connectivity index (χ1v) is 5.61. The largest absolute Gasteiger partial charge is 0.467 e. The highest BCUT2D eigenvalue weighted by atomic mass is 16.5. The van der Waals surface area contributed by atoms with Crippen LogP contribution in [-0.4, -0.2) is 49.7 Å². The van der Waals surface area contributed by atoms with Crippen LogP contribution in [0.1, 0.15) is 13.3 Å².